The molecule has 6 nitrogen and oxygen atoms in total. The normalized spacial score (nSPS) is 11.1. The zero-order chi connectivity index (χ0) is 20.3. The molecule has 6 heteroatoms. The van der Waals surface area contributed by atoms with E-state index >= 15 is 0 Å². The van der Waals surface area contributed by atoms with E-state index < -0.39 is 11.7 Å². The Morgan fingerprint density at radius 2 is 1.71 bits per heavy atom. The van der Waals surface area contributed by atoms with Crippen molar-refractivity contribution in [1.82, 2.24) is 9.97 Å². The molecule has 0 bridgehead atoms. The molecule has 0 radical (unpaired) electrons. The van der Waals surface area contributed by atoms with Crippen LogP contribution in [0.2, 0.25) is 0 Å². The Kier molecular flexibility index (Phi) is 5.31. The zero-order valence-electron chi connectivity index (χ0n) is 16.5. The first-order chi connectivity index (χ1) is 13.2. The number of pyridine rings is 2. The summed E-state index contributed by atoms with van der Waals surface area (Å²) in [6.07, 6.45) is 2.84. The molecule has 2 heterocycles. The molecule has 0 saturated carbocycles. The van der Waals surface area contributed by atoms with E-state index in [4.69, 9.17) is 10.5 Å². The minimum absolute atomic E-state index is 0.402. The fourth-order valence-electron chi connectivity index (χ4n) is 2.77. The topological polar surface area (TPSA) is 90.1 Å². The Bertz CT molecular complexity index is 1010. The van der Waals surface area contributed by atoms with E-state index in [1.54, 1.807) is 18.5 Å². The summed E-state index contributed by atoms with van der Waals surface area (Å²) < 4.78 is 5.27. The lowest BCUT2D eigenvalue weighted by molar-refractivity contribution is 0.0635. The van der Waals surface area contributed by atoms with Gasteiger partial charge in [-0.1, -0.05) is 6.07 Å². The van der Waals surface area contributed by atoms with Gasteiger partial charge >= 0.3 is 6.09 Å². The summed E-state index contributed by atoms with van der Waals surface area (Å²) in [5, 5.41) is 2.65. The highest BCUT2D eigenvalue weighted by atomic mass is 16.6. The number of hydrogen-bond acceptors (Lipinski definition) is 5. The molecule has 3 N–H and O–H groups in total. The Labute approximate surface area is 164 Å². The first-order valence-corrected chi connectivity index (χ1v) is 9.00. The number of nitrogen functional groups attached to an aromatic ring is 1. The van der Waals surface area contributed by atoms with Crippen molar-refractivity contribution >= 4 is 17.6 Å². The van der Waals surface area contributed by atoms with E-state index in [2.05, 4.69) is 15.3 Å². The standard InChI is InChI=1S/C22H24N4O2/c1-14-5-6-17(23)13-18(14)15-7-9-24-19(11-15)16-8-10-25-20(12-16)26-21(27)28-22(2,3)4/h5-13H,23H2,1-4H3,(H,25,26,27). The van der Waals surface area contributed by atoms with Crippen LogP contribution in [0.1, 0.15) is 26.3 Å². The second-order valence-electron chi connectivity index (χ2n) is 7.56. The second kappa shape index (κ2) is 7.68. The second-order valence-corrected chi connectivity index (χ2v) is 7.56. The molecule has 0 spiro atoms. The highest BCUT2D eigenvalue weighted by Crippen LogP contribution is 2.29. The van der Waals surface area contributed by atoms with Gasteiger partial charge in [0.25, 0.3) is 0 Å². The molecule has 0 aliphatic carbocycles. The average Bonchev–Trinajstić information content (AvgIpc) is 2.62. The summed E-state index contributed by atoms with van der Waals surface area (Å²) >= 11 is 0. The number of carbonyl (C=O) groups is 1. The number of anilines is 2. The van der Waals surface area contributed by atoms with Crippen LogP contribution in [-0.4, -0.2) is 21.7 Å². The maximum absolute atomic E-state index is 12.0. The highest BCUT2D eigenvalue weighted by molar-refractivity contribution is 5.84. The molecule has 2 aromatic heterocycles. The average molecular weight is 376 g/mol. The zero-order valence-corrected chi connectivity index (χ0v) is 16.5. The van der Waals surface area contributed by atoms with E-state index in [1.165, 1.54) is 0 Å². The monoisotopic (exact) mass is 376 g/mol. The van der Waals surface area contributed by atoms with Crippen LogP contribution in [0, 0.1) is 6.92 Å². The minimum Gasteiger partial charge on any atom is -0.444 e. The van der Waals surface area contributed by atoms with Gasteiger partial charge in [0.1, 0.15) is 11.4 Å². The van der Waals surface area contributed by atoms with Crippen LogP contribution in [0.15, 0.2) is 54.9 Å². The fourth-order valence-corrected chi connectivity index (χ4v) is 2.77. The van der Waals surface area contributed by atoms with Gasteiger partial charge in [-0.05, 0) is 80.8 Å². The quantitative estimate of drug-likeness (QED) is 0.624. The maximum Gasteiger partial charge on any atom is 0.413 e. The lowest BCUT2D eigenvalue weighted by Gasteiger charge is -2.19. The van der Waals surface area contributed by atoms with Crippen molar-refractivity contribution in [2.45, 2.75) is 33.3 Å². The van der Waals surface area contributed by atoms with Gasteiger partial charge in [-0.15, -0.1) is 0 Å². The summed E-state index contributed by atoms with van der Waals surface area (Å²) in [7, 11) is 0. The van der Waals surface area contributed by atoms with E-state index in [-0.39, 0.29) is 0 Å². The van der Waals surface area contributed by atoms with E-state index in [9.17, 15) is 4.79 Å². The number of hydrogen-bond donors (Lipinski definition) is 2. The third-order valence-corrected chi connectivity index (χ3v) is 4.02. The number of amides is 1. The summed E-state index contributed by atoms with van der Waals surface area (Å²) in [5.74, 6) is 0.402. The predicted octanol–water partition coefficient (Wildman–Crippen LogP) is 5.05. The minimum atomic E-state index is -0.576. The van der Waals surface area contributed by atoms with Crippen molar-refractivity contribution in [2.24, 2.45) is 0 Å². The van der Waals surface area contributed by atoms with Gasteiger partial charge in [-0.2, -0.15) is 0 Å². The number of aromatic nitrogens is 2. The molecule has 1 amide bonds. The van der Waals surface area contributed by atoms with Crippen molar-refractivity contribution in [3.05, 3.63) is 60.4 Å². The van der Waals surface area contributed by atoms with Crippen LogP contribution >= 0.6 is 0 Å². The molecule has 28 heavy (non-hydrogen) atoms. The van der Waals surface area contributed by atoms with Crippen molar-refractivity contribution in [2.75, 3.05) is 11.1 Å². The van der Waals surface area contributed by atoms with Crippen LogP contribution < -0.4 is 11.1 Å². The van der Waals surface area contributed by atoms with Crippen LogP contribution in [0.25, 0.3) is 22.4 Å². The molecule has 144 valence electrons. The van der Waals surface area contributed by atoms with Gasteiger partial charge in [0, 0.05) is 23.6 Å². The number of nitrogens with one attached hydrogen (secondary N) is 1. The largest absolute Gasteiger partial charge is 0.444 e. The first kappa shape index (κ1) is 19.4. The Morgan fingerprint density at radius 1 is 1.00 bits per heavy atom. The first-order valence-electron chi connectivity index (χ1n) is 9.00. The third kappa shape index (κ3) is 4.85. The molecule has 0 atom stereocenters. The third-order valence-electron chi connectivity index (χ3n) is 4.02. The molecule has 1 aromatic carbocycles. The van der Waals surface area contributed by atoms with Gasteiger partial charge in [0.15, 0.2) is 0 Å². The summed E-state index contributed by atoms with van der Waals surface area (Å²) in [6, 6.07) is 13.4. The van der Waals surface area contributed by atoms with Gasteiger partial charge < -0.3 is 10.5 Å². The van der Waals surface area contributed by atoms with Crippen LogP contribution in [0.4, 0.5) is 16.3 Å². The van der Waals surface area contributed by atoms with Gasteiger partial charge in [0.05, 0.1) is 5.69 Å². The van der Waals surface area contributed by atoms with Crippen molar-refractivity contribution < 1.29 is 9.53 Å². The SMILES string of the molecule is Cc1ccc(N)cc1-c1ccnc(-c2ccnc(NC(=O)OC(C)(C)C)c2)c1. The molecule has 3 aromatic rings. The lowest BCUT2D eigenvalue weighted by Crippen LogP contribution is -2.27. The molecular formula is C22H24N4O2. The fraction of sp³-hybridized carbons (Fsp3) is 0.227. The molecular weight excluding hydrogens is 352 g/mol. The van der Waals surface area contributed by atoms with E-state index in [0.717, 1.165) is 27.9 Å². The highest BCUT2D eigenvalue weighted by Gasteiger charge is 2.16. The van der Waals surface area contributed by atoms with Gasteiger partial charge in [-0.25, -0.2) is 9.78 Å². The smallest absolute Gasteiger partial charge is 0.413 e. The number of ether oxygens (including phenoxy) is 1. The molecule has 0 unspecified atom stereocenters. The Hall–Kier alpha value is -3.41. The number of aryl methyl sites for hydroxylation is 1. The summed E-state index contributed by atoms with van der Waals surface area (Å²) in [6.45, 7) is 7.47. The van der Waals surface area contributed by atoms with Gasteiger partial charge in [0.2, 0.25) is 0 Å². The van der Waals surface area contributed by atoms with Gasteiger partial charge in [-0.3, -0.25) is 10.3 Å². The van der Waals surface area contributed by atoms with E-state index in [0.29, 0.717) is 11.5 Å². The maximum atomic E-state index is 12.0. The van der Waals surface area contributed by atoms with Crippen molar-refractivity contribution in [3.8, 4) is 22.4 Å². The number of nitrogens with zero attached hydrogens (tertiary/aromatic N) is 2. The predicted molar refractivity (Wildman–Crippen MR) is 112 cm³/mol. The lowest BCUT2D eigenvalue weighted by atomic mass is 9.99. The number of benzene rings is 1. The Morgan fingerprint density at radius 3 is 2.46 bits per heavy atom. The molecule has 0 aliphatic heterocycles. The summed E-state index contributed by atoms with van der Waals surface area (Å²) in [5.41, 5.74) is 10.9. The molecule has 0 fully saturated rings. The number of carbonyl (C=O) groups excluding carboxylic acids is 1. The number of rotatable bonds is 3. The Balaban J connectivity index is 1.88. The van der Waals surface area contributed by atoms with Crippen LogP contribution in [0.5, 0.6) is 0 Å². The van der Waals surface area contributed by atoms with Crippen LogP contribution in [-0.2, 0) is 4.74 Å². The van der Waals surface area contributed by atoms with E-state index in [1.807, 2.05) is 64.1 Å². The number of nitrogens with two attached hydrogens (primary N) is 1. The van der Waals surface area contributed by atoms with Crippen molar-refractivity contribution in [3.63, 3.8) is 0 Å². The molecule has 0 aliphatic rings. The molecule has 3 rings (SSSR count). The van der Waals surface area contributed by atoms with Crippen LogP contribution in [0.3, 0.4) is 0 Å². The summed E-state index contributed by atoms with van der Waals surface area (Å²) in [4.78, 5) is 20.6. The molecule has 0 saturated heterocycles. The van der Waals surface area contributed by atoms with Crippen molar-refractivity contribution in [1.29, 1.82) is 0 Å².